The fourth-order valence-corrected chi connectivity index (χ4v) is 15.8. The first-order valence-corrected chi connectivity index (χ1v) is 24.5. The SMILES string of the molecule is Cc1ccc2c3ccccc3n(-c3ccc4c(c3)c3ccccc3n4-c3ccc4c(c3)c3ccccc3n4-c3ccc([Si](c4ccccc4)(c4ccccc4)c4ccccc4)cc3)c2c1. The maximum absolute atomic E-state index is 2.66. The lowest BCUT2D eigenvalue weighted by molar-refractivity contribution is 1.16. The average molecular weight is 846 g/mol. The Balaban J connectivity index is 0.974. The number of para-hydroxylation sites is 3. The minimum atomic E-state index is -2.66. The zero-order chi connectivity index (χ0) is 43.1. The van der Waals surface area contributed by atoms with Gasteiger partial charge in [-0.3, -0.25) is 0 Å². The Morgan fingerprint density at radius 1 is 0.246 bits per heavy atom. The molecule has 0 unspecified atom stereocenters. The van der Waals surface area contributed by atoms with Crippen molar-refractivity contribution in [1.82, 2.24) is 13.7 Å². The van der Waals surface area contributed by atoms with E-state index in [0.29, 0.717) is 0 Å². The van der Waals surface area contributed by atoms with Crippen LogP contribution < -0.4 is 20.7 Å². The second-order valence-electron chi connectivity index (χ2n) is 17.4. The van der Waals surface area contributed by atoms with Crippen molar-refractivity contribution in [3.8, 4) is 17.1 Å². The quantitative estimate of drug-likeness (QED) is 0.112. The van der Waals surface area contributed by atoms with Crippen LogP contribution in [-0.4, -0.2) is 21.8 Å². The van der Waals surface area contributed by atoms with Crippen molar-refractivity contribution in [3.05, 3.63) is 248 Å². The minimum absolute atomic E-state index is 1.14. The zero-order valence-electron chi connectivity index (χ0n) is 35.9. The smallest absolute Gasteiger partial charge is 0.179 e. The molecule has 4 heteroatoms. The molecule has 3 nitrogen and oxygen atoms in total. The molecular weight excluding hydrogens is 803 g/mol. The molecule has 0 saturated carbocycles. The van der Waals surface area contributed by atoms with Gasteiger partial charge in [-0.05, 0) is 106 Å². The van der Waals surface area contributed by atoms with Gasteiger partial charge in [-0.15, -0.1) is 0 Å². The number of aryl methyl sites for hydroxylation is 1. The van der Waals surface area contributed by atoms with Crippen LogP contribution in [0.2, 0.25) is 0 Å². The maximum Gasteiger partial charge on any atom is 0.179 e. The van der Waals surface area contributed by atoms with Crippen LogP contribution >= 0.6 is 0 Å². The number of nitrogens with zero attached hydrogens (tertiary/aromatic N) is 3. The molecule has 0 N–H and O–H groups in total. The van der Waals surface area contributed by atoms with Gasteiger partial charge < -0.3 is 13.7 Å². The van der Waals surface area contributed by atoms with Crippen molar-refractivity contribution in [3.63, 3.8) is 0 Å². The second-order valence-corrected chi connectivity index (χ2v) is 21.2. The first kappa shape index (κ1) is 37.4. The largest absolute Gasteiger partial charge is 0.309 e. The van der Waals surface area contributed by atoms with Crippen LogP contribution in [0.1, 0.15) is 5.56 Å². The number of hydrogen-bond acceptors (Lipinski definition) is 0. The van der Waals surface area contributed by atoms with Gasteiger partial charge in [-0.1, -0.05) is 170 Å². The maximum atomic E-state index is 2.45. The molecule has 0 aliphatic carbocycles. The van der Waals surface area contributed by atoms with Crippen LogP contribution in [0.25, 0.3) is 82.5 Å². The van der Waals surface area contributed by atoms with Gasteiger partial charge in [-0.25, -0.2) is 0 Å². The van der Waals surface area contributed by atoms with Crippen LogP contribution in [0.5, 0.6) is 0 Å². The Labute approximate surface area is 378 Å². The van der Waals surface area contributed by atoms with E-state index in [9.17, 15) is 0 Å². The van der Waals surface area contributed by atoms with Crippen LogP contribution in [0.3, 0.4) is 0 Å². The summed E-state index contributed by atoms with van der Waals surface area (Å²) in [6, 6.07) is 90.3. The molecule has 0 radical (unpaired) electrons. The van der Waals surface area contributed by atoms with Gasteiger partial charge in [0.1, 0.15) is 0 Å². The van der Waals surface area contributed by atoms with Crippen molar-refractivity contribution in [2.45, 2.75) is 6.92 Å². The van der Waals surface area contributed by atoms with Crippen LogP contribution in [0, 0.1) is 6.92 Å². The first-order valence-electron chi connectivity index (χ1n) is 22.5. The van der Waals surface area contributed by atoms with E-state index < -0.39 is 8.07 Å². The van der Waals surface area contributed by atoms with Gasteiger partial charge in [0.25, 0.3) is 0 Å². The van der Waals surface area contributed by atoms with Crippen LogP contribution in [-0.2, 0) is 0 Å². The van der Waals surface area contributed by atoms with E-state index in [1.165, 1.54) is 91.7 Å². The average Bonchev–Trinajstić information content (AvgIpc) is 4.00. The monoisotopic (exact) mass is 845 g/mol. The molecule has 3 heterocycles. The van der Waals surface area contributed by atoms with Crippen molar-refractivity contribution < 1.29 is 0 Å². The molecule has 13 aromatic rings. The van der Waals surface area contributed by atoms with E-state index >= 15 is 0 Å². The van der Waals surface area contributed by atoms with E-state index in [2.05, 4.69) is 263 Å². The van der Waals surface area contributed by atoms with Crippen LogP contribution in [0.4, 0.5) is 0 Å². The lowest BCUT2D eigenvalue weighted by Gasteiger charge is -2.34. The van der Waals surface area contributed by atoms with Gasteiger partial charge >= 0.3 is 0 Å². The molecule has 0 atom stereocenters. The summed E-state index contributed by atoms with van der Waals surface area (Å²) in [5.74, 6) is 0. The Hall–Kier alpha value is -8.18. The molecule has 0 fully saturated rings. The molecule has 10 aromatic carbocycles. The number of rotatable bonds is 7. The van der Waals surface area contributed by atoms with E-state index in [1.807, 2.05) is 0 Å². The fraction of sp³-hybridized carbons (Fsp3) is 0.0164. The Morgan fingerprint density at radius 2 is 0.585 bits per heavy atom. The molecule has 0 saturated heterocycles. The highest BCUT2D eigenvalue weighted by molar-refractivity contribution is 7.19. The third-order valence-electron chi connectivity index (χ3n) is 13.8. The molecule has 0 bridgehead atoms. The van der Waals surface area contributed by atoms with Gasteiger partial charge in [0.2, 0.25) is 0 Å². The molecular formula is C61H43N3Si. The molecule has 0 amide bonds. The second kappa shape index (κ2) is 14.7. The summed E-state index contributed by atoms with van der Waals surface area (Å²) in [7, 11) is -2.66. The highest BCUT2D eigenvalue weighted by atomic mass is 28.3. The molecule has 65 heavy (non-hydrogen) atoms. The summed E-state index contributed by atoms with van der Waals surface area (Å²) in [4.78, 5) is 0. The van der Waals surface area contributed by atoms with E-state index in [1.54, 1.807) is 0 Å². The molecule has 0 aliphatic rings. The number of aromatic nitrogens is 3. The summed E-state index contributed by atoms with van der Waals surface area (Å²) in [5, 5.41) is 13.0. The molecule has 0 aliphatic heterocycles. The van der Waals surface area contributed by atoms with Crippen molar-refractivity contribution in [1.29, 1.82) is 0 Å². The van der Waals surface area contributed by atoms with Crippen LogP contribution in [0.15, 0.2) is 243 Å². The summed E-state index contributed by atoms with van der Waals surface area (Å²) < 4.78 is 7.33. The molecule has 3 aromatic heterocycles. The van der Waals surface area contributed by atoms with E-state index in [-0.39, 0.29) is 0 Å². The molecule has 0 spiro atoms. The Bertz CT molecular complexity index is 3840. The number of fused-ring (bicyclic) bond motifs is 9. The minimum Gasteiger partial charge on any atom is -0.309 e. The predicted octanol–water partition coefficient (Wildman–Crippen LogP) is 12.7. The standard InChI is InChI=1S/C61H43N3Si/c1-42-29-36-53-50-23-11-14-26-56(50)64(61(53)39-42)45-33-38-60-55(41-45)52-25-13-16-28-58(52)63(60)44-32-37-59-54(40-44)51-24-12-15-27-57(51)62(59)43-30-34-49(35-31-43)65(46-17-5-2-6-18-46,47-19-7-3-8-20-47)48-21-9-4-10-22-48/h2-41H,1H3. The van der Waals surface area contributed by atoms with E-state index in [4.69, 9.17) is 0 Å². The fourth-order valence-electron chi connectivity index (χ4n) is 11.0. The van der Waals surface area contributed by atoms with Crippen molar-refractivity contribution in [2.75, 3.05) is 0 Å². The lowest BCUT2D eigenvalue weighted by Crippen LogP contribution is -2.74. The third-order valence-corrected chi connectivity index (χ3v) is 18.6. The van der Waals surface area contributed by atoms with Gasteiger partial charge in [0.15, 0.2) is 8.07 Å². The summed E-state index contributed by atoms with van der Waals surface area (Å²) in [6.45, 7) is 2.18. The highest BCUT2D eigenvalue weighted by Crippen LogP contribution is 2.39. The van der Waals surface area contributed by atoms with Gasteiger partial charge in [0, 0.05) is 49.4 Å². The summed E-state index contributed by atoms with van der Waals surface area (Å²) in [6.07, 6.45) is 0. The molecule has 306 valence electrons. The first-order chi connectivity index (χ1) is 32.2. The highest BCUT2D eigenvalue weighted by Gasteiger charge is 2.41. The van der Waals surface area contributed by atoms with Gasteiger partial charge in [-0.2, -0.15) is 0 Å². The third kappa shape index (κ3) is 5.61. The Kier molecular flexibility index (Phi) is 8.45. The lowest BCUT2D eigenvalue weighted by atomic mass is 10.1. The van der Waals surface area contributed by atoms with Crippen molar-refractivity contribution in [2.24, 2.45) is 0 Å². The van der Waals surface area contributed by atoms with Gasteiger partial charge in [0.05, 0.1) is 33.1 Å². The normalized spacial score (nSPS) is 12.1. The summed E-state index contributed by atoms with van der Waals surface area (Å²) >= 11 is 0. The molecule has 13 rings (SSSR count). The Morgan fingerprint density at radius 3 is 1.06 bits per heavy atom. The topological polar surface area (TPSA) is 14.8 Å². The van der Waals surface area contributed by atoms with Crippen molar-refractivity contribution >= 4 is 94.2 Å². The summed E-state index contributed by atoms with van der Waals surface area (Å²) in [5.41, 5.74) is 11.9. The van der Waals surface area contributed by atoms with E-state index in [0.717, 1.165) is 17.1 Å². The zero-order valence-corrected chi connectivity index (χ0v) is 36.9. The number of benzene rings is 10. The number of hydrogen-bond donors (Lipinski definition) is 0. The predicted molar refractivity (Wildman–Crippen MR) is 278 cm³/mol.